The van der Waals surface area contributed by atoms with Crippen molar-refractivity contribution in [1.82, 2.24) is 5.32 Å². The summed E-state index contributed by atoms with van der Waals surface area (Å²) in [4.78, 5) is 11.4. The van der Waals surface area contributed by atoms with E-state index in [0.717, 1.165) is 25.7 Å². The zero-order valence-electron chi connectivity index (χ0n) is 7.10. The molecule has 66 valence electrons. The number of nitrogens with one attached hydrogen (secondary N) is 1. The average Bonchev–Trinajstić information content (AvgIpc) is 2.49. The van der Waals surface area contributed by atoms with Gasteiger partial charge in [-0.3, -0.25) is 4.79 Å². The van der Waals surface area contributed by atoms with Crippen LogP contribution in [-0.2, 0) is 4.79 Å². The lowest BCUT2D eigenvalue weighted by molar-refractivity contribution is -0.125. The molecule has 0 aromatic carbocycles. The molecule has 1 rings (SSSR count). The second-order valence-electron chi connectivity index (χ2n) is 3.25. The van der Waals surface area contributed by atoms with Gasteiger partial charge in [0, 0.05) is 0 Å². The van der Waals surface area contributed by atoms with Gasteiger partial charge in [-0.05, 0) is 12.8 Å². The predicted octanol–water partition coefficient (Wildman–Crippen LogP) is 0.00730. The fourth-order valence-electron chi connectivity index (χ4n) is 1.54. The van der Waals surface area contributed by atoms with Crippen LogP contribution in [0.15, 0.2) is 0 Å². The minimum Gasteiger partial charge on any atom is -0.344 e. The Hall–Kier alpha value is -1.01. The maximum atomic E-state index is 11.4. The first-order valence-electron chi connectivity index (χ1n) is 4.20. The zero-order chi connectivity index (χ0) is 9.03. The maximum Gasteiger partial charge on any atom is 0.240 e. The molecule has 3 heteroatoms. The highest BCUT2D eigenvalue weighted by molar-refractivity contribution is 5.86. The largest absolute Gasteiger partial charge is 0.344 e. The number of hydrogen-bond donors (Lipinski definition) is 2. The second kappa shape index (κ2) is 3.59. The number of nitrogens with two attached hydrogens (primary N) is 1. The number of carbonyl (C=O) groups excluding carboxylic acids is 1. The van der Waals surface area contributed by atoms with Crippen LogP contribution in [0.25, 0.3) is 0 Å². The molecule has 0 atom stereocenters. The molecule has 0 spiro atoms. The van der Waals surface area contributed by atoms with Crippen LogP contribution in [-0.4, -0.2) is 18.0 Å². The first-order valence-corrected chi connectivity index (χ1v) is 4.20. The van der Waals surface area contributed by atoms with Crippen LogP contribution >= 0.6 is 0 Å². The van der Waals surface area contributed by atoms with Crippen molar-refractivity contribution in [2.24, 2.45) is 5.73 Å². The van der Waals surface area contributed by atoms with E-state index in [1.54, 1.807) is 0 Å². The maximum absolute atomic E-state index is 11.4. The van der Waals surface area contributed by atoms with Gasteiger partial charge in [0.1, 0.15) is 0 Å². The number of amides is 1. The topological polar surface area (TPSA) is 55.1 Å². The Morgan fingerprint density at radius 3 is 2.67 bits per heavy atom. The van der Waals surface area contributed by atoms with E-state index in [2.05, 4.69) is 11.2 Å². The van der Waals surface area contributed by atoms with E-state index >= 15 is 0 Å². The van der Waals surface area contributed by atoms with E-state index in [0.29, 0.717) is 0 Å². The molecule has 0 aromatic heterocycles. The highest BCUT2D eigenvalue weighted by Crippen LogP contribution is 2.26. The van der Waals surface area contributed by atoms with E-state index in [4.69, 9.17) is 12.2 Å². The number of hydrogen-bond acceptors (Lipinski definition) is 2. The van der Waals surface area contributed by atoms with Crippen molar-refractivity contribution in [1.29, 1.82) is 0 Å². The molecule has 0 heterocycles. The molecular weight excluding hydrogens is 152 g/mol. The van der Waals surface area contributed by atoms with E-state index in [1.165, 1.54) is 0 Å². The predicted molar refractivity (Wildman–Crippen MR) is 47.2 cm³/mol. The summed E-state index contributed by atoms with van der Waals surface area (Å²) in [6.07, 6.45) is 8.66. The van der Waals surface area contributed by atoms with Crippen LogP contribution in [0.5, 0.6) is 0 Å². The zero-order valence-corrected chi connectivity index (χ0v) is 7.10. The molecule has 0 aromatic rings. The Morgan fingerprint density at radius 2 is 2.17 bits per heavy atom. The number of rotatable bonds is 2. The molecule has 1 saturated carbocycles. The first kappa shape index (κ1) is 9.08. The summed E-state index contributed by atoms with van der Waals surface area (Å²) in [6.45, 7) is 0.276. The van der Waals surface area contributed by atoms with Crippen LogP contribution in [0.2, 0.25) is 0 Å². The molecule has 1 aliphatic carbocycles. The van der Waals surface area contributed by atoms with Gasteiger partial charge < -0.3 is 11.1 Å². The Kier molecular flexibility index (Phi) is 2.72. The summed E-state index contributed by atoms with van der Waals surface area (Å²) >= 11 is 0. The van der Waals surface area contributed by atoms with Gasteiger partial charge in [0.05, 0.1) is 12.1 Å². The third kappa shape index (κ3) is 1.77. The first-order chi connectivity index (χ1) is 5.69. The van der Waals surface area contributed by atoms with Gasteiger partial charge in [-0.2, -0.15) is 0 Å². The summed E-state index contributed by atoms with van der Waals surface area (Å²) in [5.74, 6) is 2.25. The third-order valence-electron chi connectivity index (χ3n) is 2.30. The lowest BCUT2D eigenvalue weighted by Crippen LogP contribution is -2.51. The van der Waals surface area contributed by atoms with E-state index in [1.807, 2.05) is 0 Å². The van der Waals surface area contributed by atoms with Gasteiger partial charge in [-0.15, -0.1) is 6.42 Å². The number of terminal acetylenes is 1. The van der Waals surface area contributed by atoms with E-state index in [-0.39, 0.29) is 12.5 Å². The summed E-state index contributed by atoms with van der Waals surface area (Å²) in [5, 5.41) is 2.61. The molecule has 0 saturated heterocycles. The third-order valence-corrected chi connectivity index (χ3v) is 2.30. The van der Waals surface area contributed by atoms with Crippen LogP contribution < -0.4 is 11.1 Å². The van der Waals surface area contributed by atoms with E-state index < -0.39 is 5.54 Å². The minimum absolute atomic E-state index is 0.0991. The minimum atomic E-state index is -0.642. The van der Waals surface area contributed by atoms with Crippen molar-refractivity contribution >= 4 is 5.91 Å². The van der Waals surface area contributed by atoms with Crippen molar-refractivity contribution in [3.63, 3.8) is 0 Å². The molecular formula is C9H14N2O. The quantitative estimate of drug-likeness (QED) is 0.568. The van der Waals surface area contributed by atoms with Crippen molar-refractivity contribution in [3.05, 3.63) is 0 Å². The van der Waals surface area contributed by atoms with Crippen molar-refractivity contribution in [3.8, 4) is 12.3 Å². The molecule has 12 heavy (non-hydrogen) atoms. The monoisotopic (exact) mass is 166 g/mol. The normalized spacial score (nSPS) is 20.0. The fraction of sp³-hybridized carbons (Fsp3) is 0.667. The molecule has 1 aliphatic rings. The summed E-state index contributed by atoms with van der Waals surface area (Å²) < 4.78 is 0. The lowest BCUT2D eigenvalue weighted by Gasteiger charge is -2.21. The van der Waals surface area contributed by atoms with Crippen molar-refractivity contribution in [2.45, 2.75) is 31.2 Å². The Balaban J connectivity index is 2.45. The van der Waals surface area contributed by atoms with Crippen molar-refractivity contribution in [2.75, 3.05) is 6.54 Å². The average molecular weight is 166 g/mol. The summed E-state index contributed by atoms with van der Waals surface area (Å²) in [6, 6.07) is 0. The van der Waals surface area contributed by atoms with Gasteiger partial charge in [0.25, 0.3) is 0 Å². The Bertz CT molecular complexity index is 211. The smallest absolute Gasteiger partial charge is 0.240 e. The van der Waals surface area contributed by atoms with Crippen LogP contribution in [0.3, 0.4) is 0 Å². The molecule has 0 bridgehead atoms. The van der Waals surface area contributed by atoms with E-state index in [9.17, 15) is 4.79 Å². The second-order valence-corrected chi connectivity index (χ2v) is 3.25. The standard InChI is InChI=1S/C9H14N2O/c1-2-7-11-8(12)9(10)5-3-4-6-9/h1H,3-7,10H2,(H,11,12). The van der Waals surface area contributed by atoms with Crippen molar-refractivity contribution < 1.29 is 4.79 Å². The molecule has 1 fully saturated rings. The SMILES string of the molecule is C#CCNC(=O)C1(N)CCCC1. The Morgan fingerprint density at radius 1 is 1.58 bits per heavy atom. The fourth-order valence-corrected chi connectivity index (χ4v) is 1.54. The van der Waals surface area contributed by atoms with Gasteiger partial charge in [-0.1, -0.05) is 18.8 Å². The van der Waals surface area contributed by atoms with Crippen LogP contribution in [0.4, 0.5) is 0 Å². The summed E-state index contributed by atoms with van der Waals surface area (Å²) in [7, 11) is 0. The molecule has 0 aliphatic heterocycles. The number of carbonyl (C=O) groups is 1. The van der Waals surface area contributed by atoms with Gasteiger partial charge >= 0.3 is 0 Å². The van der Waals surface area contributed by atoms with Crippen LogP contribution in [0.1, 0.15) is 25.7 Å². The van der Waals surface area contributed by atoms with Crippen LogP contribution in [0, 0.1) is 12.3 Å². The highest BCUT2D eigenvalue weighted by Gasteiger charge is 2.36. The highest BCUT2D eigenvalue weighted by atomic mass is 16.2. The van der Waals surface area contributed by atoms with Gasteiger partial charge in [0.2, 0.25) is 5.91 Å². The lowest BCUT2D eigenvalue weighted by atomic mass is 9.98. The molecule has 3 nitrogen and oxygen atoms in total. The Labute approximate surface area is 72.7 Å². The molecule has 0 radical (unpaired) electrons. The summed E-state index contributed by atoms with van der Waals surface area (Å²) in [5.41, 5.74) is 5.22. The van der Waals surface area contributed by atoms with Gasteiger partial charge in [0.15, 0.2) is 0 Å². The molecule has 1 amide bonds. The molecule has 0 unspecified atom stereocenters. The van der Waals surface area contributed by atoms with Gasteiger partial charge in [-0.25, -0.2) is 0 Å². The molecule has 3 N–H and O–H groups in total.